The molecule has 1 atom stereocenters. The summed E-state index contributed by atoms with van der Waals surface area (Å²) in [4.78, 5) is 24.7. The highest BCUT2D eigenvalue weighted by atomic mass is 35.5. The van der Waals surface area contributed by atoms with Crippen LogP contribution in [0.3, 0.4) is 0 Å². The number of rotatable bonds is 5. The van der Waals surface area contributed by atoms with Crippen molar-refractivity contribution in [2.75, 3.05) is 19.0 Å². The zero-order valence-electron chi connectivity index (χ0n) is 18.1. The highest BCUT2D eigenvalue weighted by molar-refractivity contribution is 6.31. The quantitative estimate of drug-likeness (QED) is 0.549. The number of halogens is 1. The van der Waals surface area contributed by atoms with E-state index in [4.69, 9.17) is 16.3 Å². The predicted molar refractivity (Wildman–Crippen MR) is 125 cm³/mol. The van der Waals surface area contributed by atoms with E-state index in [-0.39, 0.29) is 11.9 Å². The average molecular weight is 439 g/mol. The molecule has 2 aromatic heterocycles. The van der Waals surface area contributed by atoms with Crippen molar-refractivity contribution in [2.24, 2.45) is 0 Å². The number of pyridine rings is 2. The van der Waals surface area contributed by atoms with Gasteiger partial charge in [0.25, 0.3) is 5.91 Å². The third kappa shape index (κ3) is 4.30. The van der Waals surface area contributed by atoms with E-state index in [2.05, 4.69) is 22.2 Å². The first-order chi connectivity index (χ1) is 15.0. The number of hydrogen-bond donors (Lipinski definition) is 1. The molecular weight excluding hydrogens is 412 g/mol. The van der Waals surface area contributed by atoms with Crippen LogP contribution in [0.25, 0.3) is 11.0 Å². The Morgan fingerprint density at radius 1 is 1.29 bits per heavy atom. The van der Waals surface area contributed by atoms with Gasteiger partial charge in [0.05, 0.1) is 24.0 Å². The van der Waals surface area contributed by atoms with Crippen LogP contribution < -0.4 is 10.1 Å². The van der Waals surface area contributed by atoms with Crippen molar-refractivity contribution in [2.45, 2.75) is 45.6 Å². The fraction of sp³-hybridized carbons (Fsp3) is 0.375. The summed E-state index contributed by atoms with van der Waals surface area (Å²) >= 11 is 6.25. The number of nitrogens with zero attached hydrogens (tertiary/aromatic N) is 3. The maximum atomic E-state index is 13.7. The van der Waals surface area contributed by atoms with Gasteiger partial charge in [-0.3, -0.25) is 4.79 Å². The molecule has 7 heteroatoms. The average Bonchev–Trinajstić information content (AvgIpc) is 2.78. The molecule has 1 amide bonds. The molecule has 1 saturated heterocycles. The molecule has 162 valence electrons. The van der Waals surface area contributed by atoms with Crippen LogP contribution in [0.1, 0.15) is 48.7 Å². The van der Waals surface area contributed by atoms with Gasteiger partial charge in [-0.05, 0) is 62.9 Å². The third-order valence-corrected chi connectivity index (χ3v) is 6.11. The summed E-state index contributed by atoms with van der Waals surface area (Å²) in [5.41, 5.74) is 3.34. The van der Waals surface area contributed by atoms with E-state index < -0.39 is 0 Å². The van der Waals surface area contributed by atoms with Crippen LogP contribution in [0.5, 0.6) is 5.75 Å². The van der Waals surface area contributed by atoms with Crippen LogP contribution in [-0.2, 0) is 0 Å². The number of likely N-dealkylation sites (tertiary alicyclic amines) is 1. The van der Waals surface area contributed by atoms with E-state index in [1.807, 2.05) is 24.0 Å². The molecule has 1 aliphatic rings. The van der Waals surface area contributed by atoms with Crippen molar-refractivity contribution in [1.82, 2.24) is 14.9 Å². The predicted octanol–water partition coefficient (Wildman–Crippen LogP) is 5.75. The van der Waals surface area contributed by atoms with Gasteiger partial charge >= 0.3 is 0 Å². The van der Waals surface area contributed by atoms with Gasteiger partial charge in [-0.2, -0.15) is 0 Å². The van der Waals surface area contributed by atoms with Crippen molar-refractivity contribution >= 4 is 39.9 Å². The lowest BCUT2D eigenvalue weighted by Crippen LogP contribution is -2.43. The Balaban J connectivity index is 1.85. The first kappa shape index (κ1) is 21.4. The number of hydrogen-bond acceptors (Lipinski definition) is 5. The molecule has 0 spiro atoms. The Hall–Kier alpha value is -2.86. The molecule has 1 aliphatic heterocycles. The van der Waals surface area contributed by atoms with Crippen LogP contribution in [0.15, 0.2) is 36.5 Å². The lowest BCUT2D eigenvalue weighted by atomic mass is 9.98. The Morgan fingerprint density at radius 2 is 2.13 bits per heavy atom. The second kappa shape index (κ2) is 9.10. The number of benzene rings is 1. The number of aromatic nitrogens is 2. The lowest BCUT2D eigenvalue weighted by Gasteiger charge is -2.35. The van der Waals surface area contributed by atoms with E-state index in [0.717, 1.165) is 43.3 Å². The SMILES string of the molecule is CC[C@H]1CCCCN1C(=O)c1cnc2nc(C)ccc2c1Nc1cc(Cl)ccc1OC. The van der Waals surface area contributed by atoms with Crippen molar-refractivity contribution in [3.05, 3.63) is 52.8 Å². The molecule has 3 aromatic rings. The number of carbonyl (C=O) groups excluding carboxylic acids is 1. The zero-order chi connectivity index (χ0) is 22.0. The van der Waals surface area contributed by atoms with Crippen molar-refractivity contribution < 1.29 is 9.53 Å². The lowest BCUT2D eigenvalue weighted by molar-refractivity contribution is 0.0609. The molecule has 0 aliphatic carbocycles. The normalized spacial score (nSPS) is 16.4. The minimum atomic E-state index is -0.00924. The minimum Gasteiger partial charge on any atom is -0.495 e. The second-order valence-electron chi connectivity index (χ2n) is 7.90. The first-order valence-electron chi connectivity index (χ1n) is 10.7. The van der Waals surface area contributed by atoms with Gasteiger partial charge in [0.1, 0.15) is 5.75 Å². The van der Waals surface area contributed by atoms with Crippen LogP contribution in [0.4, 0.5) is 11.4 Å². The van der Waals surface area contributed by atoms with E-state index in [1.165, 1.54) is 0 Å². The maximum Gasteiger partial charge on any atom is 0.257 e. The summed E-state index contributed by atoms with van der Waals surface area (Å²) in [6.07, 6.45) is 5.80. The van der Waals surface area contributed by atoms with Crippen LogP contribution in [0, 0.1) is 6.92 Å². The molecular formula is C24H27ClN4O2. The summed E-state index contributed by atoms with van der Waals surface area (Å²) in [6.45, 7) is 4.83. The molecule has 3 heterocycles. The van der Waals surface area contributed by atoms with Crippen molar-refractivity contribution in [3.63, 3.8) is 0 Å². The fourth-order valence-electron chi connectivity index (χ4n) is 4.23. The molecule has 0 saturated carbocycles. The number of anilines is 2. The number of amides is 1. The summed E-state index contributed by atoms with van der Waals surface area (Å²) in [5, 5.41) is 4.77. The van der Waals surface area contributed by atoms with Crippen LogP contribution >= 0.6 is 11.6 Å². The summed E-state index contributed by atoms with van der Waals surface area (Å²) in [7, 11) is 1.61. The van der Waals surface area contributed by atoms with E-state index in [1.54, 1.807) is 31.5 Å². The number of carbonyl (C=O) groups is 1. The van der Waals surface area contributed by atoms with Gasteiger partial charge in [0, 0.05) is 34.9 Å². The molecule has 0 bridgehead atoms. The van der Waals surface area contributed by atoms with Gasteiger partial charge in [0.2, 0.25) is 0 Å². The van der Waals surface area contributed by atoms with Gasteiger partial charge in [0.15, 0.2) is 5.65 Å². The summed E-state index contributed by atoms with van der Waals surface area (Å²) in [6, 6.07) is 9.49. The number of nitrogens with one attached hydrogen (secondary N) is 1. The Labute approximate surface area is 187 Å². The van der Waals surface area contributed by atoms with Crippen molar-refractivity contribution in [1.29, 1.82) is 0 Å². The Morgan fingerprint density at radius 3 is 2.90 bits per heavy atom. The molecule has 31 heavy (non-hydrogen) atoms. The number of methoxy groups -OCH3 is 1. The van der Waals surface area contributed by atoms with Crippen molar-refractivity contribution in [3.8, 4) is 5.75 Å². The molecule has 4 rings (SSSR count). The monoisotopic (exact) mass is 438 g/mol. The standard InChI is InChI=1S/C24H27ClN4O2/c1-4-17-7-5-6-12-29(17)24(30)19-14-26-23-18(10-8-15(2)27-23)22(19)28-20-13-16(25)9-11-21(20)31-3/h8-11,13-14,17H,4-7,12H2,1-3H3,(H,26,27,28)/t17-/m0/s1. The molecule has 1 fully saturated rings. The van der Waals surface area contributed by atoms with E-state index in [9.17, 15) is 4.79 Å². The van der Waals surface area contributed by atoms with Gasteiger partial charge < -0.3 is 15.0 Å². The second-order valence-corrected chi connectivity index (χ2v) is 8.33. The Bertz CT molecular complexity index is 1120. The number of ether oxygens (including phenoxy) is 1. The van der Waals surface area contributed by atoms with Gasteiger partial charge in [-0.15, -0.1) is 0 Å². The molecule has 0 unspecified atom stereocenters. The number of piperidine rings is 1. The molecule has 1 N–H and O–H groups in total. The third-order valence-electron chi connectivity index (χ3n) is 5.88. The number of fused-ring (bicyclic) bond motifs is 1. The summed E-state index contributed by atoms with van der Waals surface area (Å²) < 4.78 is 5.51. The smallest absolute Gasteiger partial charge is 0.257 e. The minimum absolute atomic E-state index is 0.00924. The topological polar surface area (TPSA) is 67.4 Å². The highest BCUT2D eigenvalue weighted by Gasteiger charge is 2.29. The van der Waals surface area contributed by atoms with Crippen LogP contribution in [0.2, 0.25) is 5.02 Å². The largest absolute Gasteiger partial charge is 0.495 e. The first-order valence-corrected chi connectivity index (χ1v) is 11.1. The fourth-order valence-corrected chi connectivity index (χ4v) is 4.40. The summed E-state index contributed by atoms with van der Waals surface area (Å²) in [5.74, 6) is 0.627. The van der Waals surface area contributed by atoms with Gasteiger partial charge in [-0.1, -0.05) is 18.5 Å². The Kier molecular flexibility index (Phi) is 6.28. The molecule has 1 aromatic carbocycles. The number of aryl methyl sites for hydroxylation is 1. The van der Waals surface area contributed by atoms with Crippen LogP contribution in [-0.4, -0.2) is 40.5 Å². The maximum absolute atomic E-state index is 13.7. The molecule has 6 nitrogen and oxygen atoms in total. The van der Waals surface area contributed by atoms with E-state index in [0.29, 0.717) is 33.4 Å². The zero-order valence-corrected chi connectivity index (χ0v) is 18.9. The molecule has 0 radical (unpaired) electrons. The highest BCUT2D eigenvalue weighted by Crippen LogP contribution is 2.36. The van der Waals surface area contributed by atoms with Gasteiger partial charge in [-0.25, -0.2) is 9.97 Å². The van der Waals surface area contributed by atoms with E-state index >= 15 is 0 Å².